The Kier molecular flexibility index (Phi) is 4.62. The summed E-state index contributed by atoms with van der Waals surface area (Å²) in [4.78, 5) is 4.22. The molecule has 0 saturated heterocycles. The highest BCUT2D eigenvalue weighted by molar-refractivity contribution is 5.82. The minimum Gasteiger partial charge on any atom is -0.294 e. The van der Waals surface area contributed by atoms with Crippen LogP contribution in [0.2, 0.25) is 0 Å². The maximum absolute atomic E-state index is 4.22. The van der Waals surface area contributed by atoms with E-state index < -0.39 is 0 Å². The third-order valence-corrected chi connectivity index (χ3v) is 0.967. The van der Waals surface area contributed by atoms with Crippen LogP contribution in [0.5, 0.6) is 0 Å². The van der Waals surface area contributed by atoms with Crippen molar-refractivity contribution in [3.8, 4) is 0 Å². The first-order valence-electron chi connectivity index (χ1n) is 3.10. The molecule has 0 heterocycles. The van der Waals surface area contributed by atoms with Crippen LogP contribution < -0.4 is 0 Å². The number of nitrogens with zero attached hydrogens (tertiary/aromatic N) is 1. The van der Waals surface area contributed by atoms with Gasteiger partial charge < -0.3 is 0 Å². The Morgan fingerprint density at radius 2 is 2.25 bits per heavy atom. The smallest absolute Gasteiger partial charge is 0.0385 e. The van der Waals surface area contributed by atoms with Gasteiger partial charge in [-0.25, -0.2) is 0 Å². The molecule has 0 fully saturated rings. The second-order valence-corrected chi connectivity index (χ2v) is 1.87. The Bertz CT molecular complexity index is 74.5. The van der Waals surface area contributed by atoms with Crippen molar-refractivity contribution in [2.45, 2.75) is 26.7 Å². The summed E-state index contributed by atoms with van der Waals surface area (Å²) in [5.74, 6) is 0. The Labute approximate surface area is 51.8 Å². The van der Waals surface area contributed by atoms with Crippen molar-refractivity contribution in [1.82, 2.24) is 0 Å². The molecule has 0 unspecified atom stereocenters. The lowest BCUT2D eigenvalue weighted by Crippen LogP contribution is -1.88. The fourth-order valence-corrected chi connectivity index (χ4v) is 0.382. The van der Waals surface area contributed by atoms with E-state index in [4.69, 9.17) is 0 Å². The Morgan fingerprint density at radius 3 is 2.62 bits per heavy atom. The highest BCUT2D eigenvalue weighted by Gasteiger charge is 1.80. The van der Waals surface area contributed by atoms with Gasteiger partial charge in [0.05, 0.1) is 0 Å². The number of hydrogen-bond donors (Lipinski definition) is 0. The lowest BCUT2D eigenvalue weighted by atomic mass is 10.3. The molecule has 47 valence electrons. The molecule has 0 aromatic carbocycles. The van der Waals surface area contributed by atoms with Gasteiger partial charge >= 0.3 is 0 Å². The van der Waals surface area contributed by atoms with Gasteiger partial charge in [-0.2, -0.15) is 0 Å². The quantitative estimate of drug-likeness (QED) is 0.496. The van der Waals surface area contributed by atoms with Crippen LogP contribution in [0, 0.1) is 6.92 Å². The van der Waals surface area contributed by atoms with Crippen LogP contribution in [0.25, 0.3) is 0 Å². The third kappa shape index (κ3) is 3.85. The monoisotopic (exact) mass is 112 g/mol. The van der Waals surface area contributed by atoms with E-state index in [0.29, 0.717) is 0 Å². The normalized spacial score (nSPS) is 12.1. The summed E-state index contributed by atoms with van der Waals surface area (Å²) in [6, 6.07) is 0. The molecule has 0 aromatic heterocycles. The first-order valence-corrected chi connectivity index (χ1v) is 3.10. The van der Waals surface area contributed by atoms with E-state index >= 15 is 0 Å². The van der Waals surface area contributed by atoms with Crippen molar-refractivity contribution < 1.29 is 0 Å². The van der Waals surface area contributed by atoms with Crippen LogP contribution in [0.15, 0.2) is 4.99 Å². The van der Waals surface area contributed by atoms with E-state index in [1.165, 1.54) is 0 Å². The van der Waals surface area contributed by atoms with Crippen molar-refractivity contribution in [1.29, 1.82) is 0 Å². The van der Waals surface area contributed by atoms with Gasteiger partial charge in [-0.05, 0) is 26.7 Å². The maximum Gasteiger partial charge on any atom is 0.0385 e. The largest absolute Gasteiger partial charge is 0.294 e. The second-order valence-electron chi connectivity index (χ2n) is 1.87. The summed E-state index contributed by atoms with van der Waals surface area (Å²) in [6.45, 7) is 8.81. The summed E-state index contributed by atoms with van der Waals surface area (Å²) in [5.41, 5.74) is 1.16. The fraction of sp³-hybridized carbons (Fsp3) is 0.714. The average Bonchev–Trinajstić information content (AvgIpc) is 1.83. The zero-order valence-corrected chi connectivity index (χ0v) is 5.78. The molecule has 0 rings (SSSR count). The molecule has 0 aliphatic heterocycles. The lowest BCUT2D eigenvalue weighted by molar-refractivity contribution is 0.927. The molecule has 1 heteroatoms. The molecule has 1 radical (unpaired) electrons. The fourth-order valence-electron chi connectivity index (χ4n) is 0.382. The van der Waals surface area contributed by atoms with Gasteiger partial charge in [0.1, 0.15) is 0 Å². The van der Waals surface area contributed by atoms with Crippen molar-refractivity contribution in [2.24, 2.45) is 4.99 Å². The molecule has 0 bridgehead atoms. The van der Waals surface area contributed by atoms with Crippen molar-refractivity contribution >= 4 is 5.71 Å². The predicted molar refractivity (Wildman–Crippen MR) is 38.2 cm³/mol. The lowest BCUT2D eigenvalue weighted by Gasteiger charge is -1.91. The third-order valence-electron chi connectivity index (χ3n) is 0.967. The Balaban J connectivity index is 3.26. The van der Waals surface area contributed by atoms with E-state index in [0.717, 1.165) is 25.1 Å². The SMILES string of the molecule is [CH2]C/C(C)=N/CCC. The van der Waals surface area contributed by atoms with Crippen LogP contribution in [-0.4, -0.2) is 12.3 Å². The topological polar surface area (TPSA) is 12.4 Å². The summed E-state index contributed by atoms with van der Waals surface area (Å²) in [7, 11) is 0. The average molecular weight is 112 g/mol. The van der Waals surface area contributed by atoms with E-state index in [2.05, 4.69) is 18.8 Å². The van der Waals surface area contributed by atoms with E-state index in [1.54, 1.807) is 0 Å². The molecular weight excluding hydrogens is 98.1 g/mol. The molecule has 0 aliphatic carbocycles. The number of hydrogen-bond acceptors (Lipinski definition) is 1. The molecule has 0 amide bonds. The Hall–Kier alpha value is -0.330. The molecule has 0 N–H and O–H groups in total. The predicted octanol–water partition coefficient (Wildman–Crippen LogP) is 2.08. The highest BCUT2D eigenvalue weighted by atomic mass is 14.7. The molecule has 0 saturated carbocycles. The van der Waals surface area contributed by atoms with Crippen LogP contribution in [0.4, 0.5) is 0 Å². The van der Waals surface area contributed by atoms with Crippen molar-refractivity contribution in [3.05, 3.63) is 6.92 Å². The molecule has 0 aromatic rings. The van der Waals surface area contributed by atoms with Crippen LogP contribution >= 0.6 is 0 Å². The van der Waals surface area contributed by atoms with Gasteiger partial charge in [0.2, 0.25) is 0 Å². The first-order chi connectivity index (χ1) is 3.81. The van der Waals surface area contributed by atoms with Crippen molar-refractivity contribution in [3.63, 3.8) is 0 Å². The molecular formula is C7H14N. The molecule has 0 spiro atoms. The standard InChI is InChI=1S/C7H14N/c1-4-6-8-7(3)5-2/h2,4-6H2,1,3H3/b8-7+. The minimum absolute atomic E-state index is 0.847. The molecule has 0 aliphatic rings. The van der Waals surface area contributed by atoms with Crippen molar-refractivity contribution in [2.75, 3.05) is 6.54 Å². The summed E-state index contributed by atoms with van der Waals surface area (Å²) in [5, 5.41) is 0. The van der Waals surface area contributed by atoms with E-state index in [1.807, 2.05) is 6.92 Å². The number of aliphatic imine (C=N–C) groups is 1. The van der Waals surface area contributed by atoms with E-state index in [9.17, 15) is 0 Å². The highest BCUT2D eigenvalue weighted by Crippen LogP contribution is 1.84. The van der Waals surface area contributed by atoms with Crippen LogP contribution in [0.1, 0.15) is 26.7 Å². The van der Waals surface area contributed by atoms with Gasteiger partial charge in [0, 0.05) is 12.3 Å². The van der Waals surface area contributed by atoms with Crippen LogP contribution in [0.3, 0.4) is 0 Å². The zero-order chi connectivity index (χ0) is 6.41. The van der Waals surface area contributed by atoms with Gasteiger partial charge in [0.15, 0.2) is 0 Å². The van der Waals surface area contributed by atoms with Gasteiger partial charge in [-0.3, -0.25) is 4.99 Å². The molecule has 8 heavy (non-hydrogen) atoms. The summed E-state index contributed by atoms with van der Waals surface area (Å²) < 4.78 is 0. The van der Waals surface area contributed by atoms with Crippen LogP contribution in [-0.2, 0) is 0 Å². The maximum atomic E-state index is 4.22. The minimum atomic E-state index is 0.847. The van der Waals surface area contributed by atoms with Gasteiger partial charge in [-0.15, -0.1) is 0 Å². The summed E-state index contributed by atoms with van der Waals surface area (Å²) >= 11 is 0. The van der Waals surface area contributed by atoms with Gasteiger partial charge in [-0.1, -0.05) is 6.92 Å². The number of rotatable bonds is 3. The van der Waals surface area contributed by atoms with E-state index in [-0.39, 0.29) is 0 Å². The second kappa shape index (κ2) is 4.82. The first kappa shape index (κ1) is 7.67. The molecule has 1 nitrogen and oxygen atoms in total. The molecule has 0 atom stereocenters. The zero-order valence-electron chi connectivity index (χ0n) is 5.78. The summed E-state index contributed by atoms with van der Waals surface area (Å²) in [6.07, 6.45) is 1.98. The Morgan fingerprint density at radius 1 is 1.62 bits per heavy atom. The van der Waals surface area contributed by atoms with Gasteiger partial charge in [0.25, 0.3) is 0 Å².